The molecule has 0 saturated heterocycles. The van der Waals surface area contributed by atoms with E-state index in [1.54, 1.807) is 12.1 Å². The highest BCUT2D eigenvalue weighted by Crippen LogP contribution is 2.16. The number of alkyl halides is 3. The van der Waals surface area contributed by atoms with Crippen molar-refractivity contribution in [2.45, 2.75) is 18.6 Å². The fourth-order valence-corrected chi connectivity index (χ4v) is 1.44. The molecule has 0 fully saturated rings. The molecule has 1 rings (SSSR count). The van der Waals surface area contributed by atoms with Gasteiger partial charge in [-0.05, 0) is 17.7 Å². The molecular weight excluding hydrogens is 279 g/mol. The SMILES string of the molecule is COc1ccc(CC(NC(=O)C(F)(F)F)C(=O)O)cc1. The fourth-order valence-electron chi connectivity index (χ4n) is 1.44. The van der Waals surface area contributed by atoms with Crippen molar-refractivity contribution in [2.75, 3.05) is 7.11 Å². The molecule has 1 aromatic rings. The first-order chi connectivity index (χ1) is 9.24. The van der Waals surface area contributed by atoms with Gasteiger partial charge in [0.15, 0.2) is 0 Å². The van der Waals surface area contributed by atoms with Crippen LogP contribution in [-0.2, 0) is 16.0 Å². The van der Waals surface area contributed by atoms with E-state index in [1.807, 2.05) is 0 Å². The third-order valence-electron chi connectivity index (χ3n) is 2.46. The molecule has 0 bridgehead atoms. The first kappa shape index (κ1) is 15.8. The summed E-state index contributed by atoms with van der Waals surface area (Å²) in [4.78, 5) is 21.6. The van der Waals surface area contributed by atoms with Gasteiger partial charge in [-0.15, -0.1) is 0 Å². The van der Waals surface area contributed by atoms with Crippen LogP contribution in [0.1, 0.15) is 5.56 Å². The zero-order valence-electron chi connectivity index (χ0n) is 10.4. The van der Waals surface area contributed by atoms with Crippen LogP contribution < -0.4 is 10.1 Å². The number of carboxylic acid groups (broad SMARTS) is 1. The van der Waals surface area contributed by atoms with Crippen molar-refractivity contribution in [2.24, 2.45) is 0 Å². The van der Waals surface area contributed by atoms with Crippen LogP contribution in [0, 0.1) is 0 Å². The van der Waals surface area contributed by atoms with Crippen LogP contribution in [0.3, 0.4) is 0 Å². The van der Waals surface area contributed by atoms with E-state index in [2.05, 4.69) is 0 Å². The molecule has 0 saturated carbocycles. The van der Waals surface area contributed by atoms with E-state index in [9.17, 15) is 22.8 Å². The summed E-state index contributed by atoms with van der Waals surface area (Å²) in [7, 11) is 1.44. The lowest BCUT2D eigenvalue weighted by Gasteiger charge is -2.15. The molecule has 1 unspecified atom stereocenters. The molecule has 2 N–H and O–H groups in total. The lowest BCUT2D eigenvalue weighted by Crippen LogP contribution is -2.47. The maximum absolute atomic E-state index is 12.1. The molecule has 1 atom stereocenters. The number of aliphatic carboxylic acids is 1. The number of carbonyl (C=O) groups excluding carboxylic acids is 1. The standard InChI is InChI=1S/C12H12F3NO4/c1-20-8-4-2-7(3-5-8)6-9(10(17)18)16-11(19)12(13,14)15/h2-5,9H,6H2,1H3,(H,16,19)(H,17,18). The van der Waals surface area contributed by atoms with Gasteiger partial charge < -0.3 is 15.2 Å². The highest BCUT2D eigenvalue weighted by atomic mass is 19.4. The predicted octanol–water partition coefficient (Wildman–Crippen LogP) is 1.37. The Morgan fingerprint density at radius 3 is 2.25 bits per heavy atom. The van der Waals surface area contributed by atoms with Crippen LogP contribution in [0.4, 0.5) is 13.2 Å². The van der Waals surface area contributed by atoms with Gasteiger partial charge in [-0.25, -0.2) is 4.79 Å². The molecule has 0 aromatic heterocycles. The number of benzene rings is 1. The van der Waals surface area contributed by atoms with E-state index in [-0.39, 0.29) is 6.42 Å². The van der Waals surface area contributed by atoms with Crippen molar-refractivity contribution >= 4 is 11.9 Å². The van der Waals surface area contributed by atoms with Gasteiger partial charge in [0.2, 0.25) is 0 Å². The van der Waals surface area contributed by atoms with Crippen LogP contribution in [0.2, 0.25) is 0 Å². The fraction of sp³-hybridized carbons (Fsp3) is 0.333. The van der Waals surface area contributed by atoms with Gasteiger partial charge in [-0.3, -0.25) is 4.79 Å². The molecule has 0 aliphatic heterocycles. The predicted molar refractivity (Wildman–Crippen MR) is 62.3 cm³/mol. The Kier molecular flexibility index (Phi) is 4.95. The molecule has 110 valence electrons. The highest BCUT2D eigenvalue weighted by Gasteiger charge is 2.40. The molecule has 0 aliphatic rings. The van der Waals surface area contributed by atoms with Crippen molar-refractivity contribution in [1.29, 1.82) is 0 Å². The van der Waals surface area contributed by atoms with Gasteiger partial charge in [0.1, 0.15) is 11.8 Å². The Morgan fingerprint density at radius 2 is 1.85 bits per heavy atom. The average molecular weight is 291 g/mol. The van der Waals surface area contributed by atoms with Crippen LogP contribution in [0.5, 0.6) is 5.75 Å². The number of rotatable bonds is 5. The van der Waals surface area contributed by atoms with E-state index in [0.717, 1.165) is 0 Å². The highest BCUT2D eigenvalue weighted by molar-refractivity contribution is 5.87. The Bertz CT molecular complexity index is 484. The third-order valence-corrected chi connectivity index (χ3v) is 2.46. The quantitative estimate of drug-likeness (QED) is 0.859. The normalized spacial score (nSPS) is 12.6. The summed E-state index contributed by atoms with van der Waals surface area (Å²) in [5.74, 6) is -3.29. The molecule has 0 heterocycles. The number of halogens is 3. The van der Waals surface area contributed by atoms with Gasteiger partial charge in [0.25, 0.3) is 0 Å². The maximum atomic E-state index is 12.1. The minimum absolute atomic E-state index is 0.263. The zero-order valence-corrected chi connectivity index (χ0v) is 10.4. The van der Waals surface area contributed by atoms with Gasteiger partial charge >= 0.3 is 18.1 Å². The average Bonchev–Trinajstić information content (AvgIpc) is 2.37. The topological polar surface area (TPSA) is 75.6 Å². The summed E-state index contributed by atoms with van der Waals surface area (Å²) in [5, 5.41) is 10.3. The minimum Gasteiger partial charge on any atom is -0.497 e. The molecule has 0 spiro atoms. The molecule has 1 amide bonds. The molecule has 0 aliphatic carbocycles. The summed E-state index contributed by atoms with van der Waals surface area (Å²) in [6.45, 7) is 0. The Morgan fingerprint density at radius 1 is 1.30 bits per heavy atom. The number of hydrogen-bond acceptors (Lipinski definition) is 3. The summed E-state index contributed by atoms with van der Waals surface area (Å²) in [6.07, 6.45) is -5.38. The van der Waals surface area contributed by atoms with Gasteiger partial charge in [-0.2, -0.15) is 13.2 Å². The number of carboxylic acids is 1. The van der Waals surface area contributed by atoms with Gasteiger partial charge in [0.05, 0.1) is 7.11 Å². The summed E-state index contributed by atoms with van der Waals surface area (Å²) in [5.41, 5.74) is 0.459. The molecule has 1 aromatic carbocycles. The zero-order chi connectivity index (χ0) is 15.3. The van der Waals surface area contributed by atoms with Crippen LogP contribution in [-0.4, -0.2) is 36.3 Å². The van der Waals surface area contributed by atoms with Crippen LogP contribution in [0.15, 0.2) is 24.3 Å². The van der Waals surface area contributed by atoms with Crippen LogP contribution in [0.25, 0.3) is 0 Å². The van der Waals surface area contributed by atoms with Crippen molar-refractivity contribution < 1.29 is 32.6 Å². The maximum Gasteiger partial charge on any atom is 0.471 e. The van der Waals surface area contributed by atoms with E-state index >= 15 is 0 Å². The number of hydrogen-bond donors (Lipinski definition) is 2. The lowest BCUT2D eigenvalue weighted by molar-refractivity contribution is -0.175. The second-order valence-electron chi connectivity index (χ2n) is 3.91. The molecule has 0 radical (unpaired) electrons. The smallest absolute Gasteiger partial charge is 0.471 e. The van der Waals surface area contributed by atoms with Gasteiger partial charge in [0, 0.05) is 6.42 Å². The monoisotopic (exact) mass is 291 g/mol. The first-order valence-corrected chi connectivity index (χ1v) is 5.47. The van der Waals surface area contributed by atoms with E-state index in [1.165, 1.54) is 24.6 Å². The number of amides is 1. The number of nitrogens with one attached hydrogen (secondary N) is 1. The second kappa shape index (κ2) is 6.27. The van der Waals surface area contributed by atoms with E-state index < -0.39 is 24.1 Å². The van der Waals surface area contributed by atoms with Crippen molar-refractivity contribution in [1.82, 2.24) is 5.32 Å². The van der Waals surface area contributed by atoms with E-state index in [4.69, 9.17) is 9.84 Å². The number of ether oxygens (including phenoxy) is 1. The Balaban J connectivity index is 2.77. The minimum atomic E-state index is -5.12. The largest absolute Gasteiger partial charge is 0.497 e. The van der Waals surface area contributed by atoms with Gasteiger partial charge in [-0.1, -0.05) is 12.1 Å². The summed E-state index contributed by atoms with van der Waals surface area (Å²) in [6, 6.07) is 4.44. The molecule has 8 heteroatoms. The Labute approximate surface area is 112 Å². The van der Waals surface area contributed by atoms with Crippen LogP contribution >= 0.6 is 0 Å². The van der Waals surface area contributed by atoms with Crippen molar-refractivity contribution in [3.8, 4) is 5.75 Å². The van der Waals surface area contributed by atoms with E-state index in [0.29, 0.717) is 11.3 Å². The third kappa shape index (κ3) is 4.45. The summed E-state index contributed by atoms with van der Waals surface area (Å²) < 4.78 is 41.2. The lowest BCUT2D eigenvalue weighted by atomic mass is 10.1. The van der Waals surface area contributed by atoms with Crippen molar-refractivity contribution in [3.63, 3.8) is 0 Å². The second-order valence-corrected chi connectivity index (χ2v) is 3.91. The Hall–Kier alpha value is -2.25. The molecular formula is C12H12F3NO4. The first-order valence-electron chi connectivity index (χ1n) is 5.47. The molecule has 5 nitrogen and oxygen atoms in total. The number of methoxy groups -OCH3 is 1. The van der Waals surface area contributed by atoms with Crippen molar-refractivity contribution in [3.05, 3.63) is 29.8 Å². The summed E-state index contributed by atoms with van der Waals surface area (Å²) >= 11 is 0. The molecule has 20 heavy (non-hydrogen) atoms. The number of carbonyl (C=O) groups is 2.